The summed E-state index contributed by atoms with van der Waals surface area (Å²) in [6.45, 7) is 0. The predicted molar refractivity (Wildman–Crippen MR) is 51.0 cm³/mol. The van der Waals surface area contributed by atoms with Gasteiger partial charge < -0.3 is 5.11 Å². The minimum atomic E-state index is -4.45. The van der Waals surface area contributed by atoms with Gasteiger partial charge in [-0.25, -0.2) is 4.79 Å². The molecule has 0 amide bonds. The van der Waals surface area contributed by atoms with Crippen LogP contribution < -0.4 is 0 Å². The van der Waals surface area contributed by atoms with Crippen molar-refractivity contribution in [3.8, 4) is 0 Å². The van der Waals surface area contributed by atoms with Crippen molar-refractivity contribution in [2.24, 2.45) is 0 Å². The average Bonchev–Trinajstić information content (AvgIpc) is 2.15. The summed E-state index contributed by atoms with van der Waals surface area (Å²) >= 11 is 2.95. The Morgan fingerprint density at radius 1 is 1.40 bits per heavy atom. The van der Waals surface area contributed by atoms with Crippen LogP contribution in [0, 0.1) is 0 Å². The van der Waals surface area contributed by atoms with Crippen LogP contribution in [0.3, 0.4) is 0 Å². The van der Waals surface area contributed by atoms with E-state index in [1.807, 2.05) is 0 Å². The maximum Gasteiger partial charge on any atom is 0.416 e. The number of hydrogen-bond donors (Lipinski definition) is 1. The molecule has 1 aromatic rings. The fourth-order valence-corrected chi connectivity index (χ4v) is 1.55. The second-order valence-electron chi connectivity index (χ2n) is 2.81. The highest BCUT2D eigenvalue weighted by Crippen LogP contribution is 2.31. The molecular weight excluding hydrogens is 277 g/mol. The summed E-state index contributed by atoms with van der Waals surface area (Å²) in [6.07, 6.45) is -4.45. The molecule has 1 rings (SSSR count). The molecule has 1 aromatic carbocycles. The van der Waals surface area contributed by atoms with Crippen LogP contribution in [0.1, 0.15) is 21.5 Å². The van der Waals surface area contributed by atoms with Crippen molar-refractivity contribution in [2.45, 2.75) is 11.5 Å². The van der Waals surface area contributed by atoms with Crippen molar-refractivity contribution >= 4 is 21.9 Å². The van der Waals surface area contributed by atoms with Gasteiger partial charge in [0.1, 0.15) is 0 Å². The summed E-state index contributed by atoms with van der Waals surface area (Å²) in [7, 11) is 0. The second-order valence-corrected chi connectivity index (χ2v) is 3.37. The van der Waals surface area contributed by atoms with E-state index < -0.39 is 17.7 Å². The highest BCUT2D eigenvalue weighted by molar-refractivity contribution is 9.08. The normalized spacial score (nSPS) is 11.5. The van der Waals surface area contributed by atoms with Crippen LogP contribution in [0.25, 0.3) is 0 Å². The van der Waals surface area contributed by atoms with Gasteiger partial charge in [-0.3, -0.25) is 0 Å². The molecule has 2 nitrogen and oxygen atoms in total. The van der Waals surface area contributed by atoms with Crippen molar-refractivity contribution < 1.29 is 23.1 Å². The molecule has 0 aliphatic carbocycles. The quantitative estimate of drug-likeness (QED) is 0.845. The first-order valence-electron chi connectivity index (χ1n) is 3.85. The van der Waals surface area contributed by atoms with Gasteiger partial charge in [0.05, 0.1) is 11.1 Å². The largest absolute Gasteiger partial charge is 0.478 e. The first-order valence-corrected chi connectivity index (χ1v) is 4.97. The summed E-state index contributed by atoms with van der Waals surface area (Å²) in [6, 6.07) is 2.55. The zero-order valence-electron chi connectivity index (χ0n) is 7.31. The van der Waals surface area contributed by atoms with Gasteiger partial charge in [0.15, 0.2) is 0 Å². The highest BCUT2D eigenvalue weighted by atomic mass is 79.9. The summed E-state index contributed by atoms with van der Waals surface area (Å²) in [5, 5.41) is 8.76. The van der Waals surface area contributed by atoms with Crippen LogP contribution in [-0.2, 0) is 11.5 Å². The fourth-order valence-electron chi connectivity index (χ4n) is 1.09. The second kappa shape index (κ2) is 4.22. The Morgan fingerprint density at radius 2 is 2.00 bits per heavy atom. The predicted octanol–water partition coefficient (Wildman–Crippen LogP) is 3.30. The number of carboxylic acids is 1. The summed E-state index contributed by atoms with van der Waals surface area (Å²) < 4.78 is 36.8. The Morgan fingerprint density at radius 3 is 2.40 bits per heavy atom. The SMILES string of the molecule is O=C(O)c1ccc(C(F)(F)F)cc1CBr. The first-order chi connectivity index (χ1) is 6.86. The maximum atomic E-state index is 12.3. The lowest BCUT2D eigenvalue weighted by Gasteiger charge is -2.09. The number of alkyl halides is 4. The molecule has 0 unspecified atom stereocenters. The summed E-state index contributed by atoms with van der Waals surface area (Å²) in [4.78, 5) is 10.6. The van der Waals surface area contributed by atoms with Crippen LogP contribution in [0.15, 0.2) is 18.2 Å². The maximum absolute atomic E-state index is 12.3. The van der Waals surface area contributed by atoms with E-state index in [2.05, 4.69) is 15.9 Å². The molecule has 0 heterocycles. The molecule has 15 heavy (non-hydrogen) atoms. The van der Waals surface area contributed by atoms with Crippen LogP contribution in [0.4, 0.5) is 13.2 Å². The Hall–Kier alpha value is -1.04. The van der Waals surface area contributed by atoms with Gasteiger partial charge in [-0.05, 0) is 23.8 Å². The molecule has 0 aliphatic rings. The molecule has 1 N–H and O–H groups in total. The van der Waals surface area contributed by atoms with Gasteiger partial charge in [-0.2, -0.15) is 13.2 Å². The van der Waals surface area contributed by atoms with Gasteiger partial charge in [-0.15, -0.1) is 0 Å². The molecule has 0 fully saturated rings. The summed E-state index contributed by atoms with van der Waals surface area (Å²) in [5.74, 6) is -1.24. The monoisotopic (exact) mass is 282 g/mol. The van der Waals surface area contributed by atoms with Crippen molar-refractivity contribution in [1.29, 1.82) is 0 Å². The van der Waals surface area contributed by atoms with Gasteiger partial charge in [0.2, 0.25) is 0 Å². The number of carbonyl (C=O) groups is 1. The molecule has 0 aliphatic heterocycles. The van der Waals surface area contributed by atoms with Gasteiger partial charge in [0.25, 0.3) is 0 Å². The smallest absolute Gasteiger partial charge is 0.416 e. The molecule has 0 bridgehead atoms. The summed E-state index contributed by atoms with van der Waals surface area (Å²) in [5.41, 5.74) is -0.862. The van der Waals surface area contributed by atoms with Crippen molar-refractivity contribution in [3.05, 3.63) is 34.9 Å². The molecule has 0 aromatic heterocycles. The zero-order chi connectivity index (χ0) is 11.6. The van der Waals surface area contributed by atoms with Crippen LogP contribution in [-0.4, -0.2) is 11.1 Å². The number of hydrogen-bond acceptors (Lipinski definition) is 1. The van der Waals surface area contributed by atoms with E-state index in [4.69, 9.17) is 5.11 Å². The van der Waals surface area contributed by atoms with Gasteiger partial charge in [0, 0.05) is 5.33 Å². The Labute approximate surface area is 91.8 Å². The molecule has 0 saturated carbocycles. The van der Waals surface area contributed by atoms with Crippen molar-refractivity contribution in [1.82, 2.24) is 0 Å². The van der Waals surface area contributed by atoms with Crippen molar-refractivity contribution in [3.63, 3.8) is 0 Å². The van der Waals surface area contributed by atoms with Crippen LogP contribution in [0.5, 0.6) is 0 Å². The van der Waals surface area contributed by atoms with Gasteiger partial charge in [-0.1, -0.05) is 15.9 Å². The van der Waals surface area contributed by atoms with E-state index in [0.717, 1.165) is 18.2 Å². The molecular formula is C9H6BrF3O2. The minimum absolute atomic E-state index is 0.0680. The number of halogens is 4. The molecule has 0 radical (unpaired) electrons. The molecule has 0 spiro atoms. The minimum Gasteiger partial charge on any atom is -0.478 e. The van der Waals surface area contributed by atoms with Crippen molar-refractivity contribution in [2.75, 3.05) is 0 Å². The lowest BCUT2D eigenvalue weighted by molar-refractivity contribution is -0.137. The Balaban J connectivity index is 3.25. The molecule has 0 saturated heterocycles. The molecule has 0 atom stereocenters. The van der Waals surface area contributed by atoms with E-state index >= 15 is 0 Å². The first kappa shape index (κ1) is 12.0. The number of benzene rings is 1. The van der Waals surface area contributed by atoms with E-state index in [0.29, 0.717) is 0 Å². The lowest BCUT2D eigenvalue weighted by atomic mass is 10.1. The highest BCUT2D eigenvalue weighted by Gasteiger charge is 2.31. The average molecular weight is 283 g/mol. The third-order valence-corrected chi connectivity index (χ3v) is 2.41. The fraction of sp³-hybridized carbons (Fsp3) is 0.222. The van der Waals surface area contributed by atoms with Gasteiger partial charge >= 0.3 is 12.1 Å². The third kappa shape index (κ3) is 2.71. The number of rotatable bonds is 2. The standard InChI is InChI=1S/C9H6BrF3O2/c10-4-5-3-6(9(11,12)13)1-2-7(5)8(14)15/h1-3H,4H2,(H,14,15). The Kier molecular flexibility index (Phi) is 3.38. The van der Waals surface area contributed by atoms with Crippen LogP contribution >= 0.6 is 15.9 Å². The van der Waals surface area contributed by atoms with E-state index in [9.17, 15) is 18.0 Å². The number of aromatic carboxylic acids is 1. The third-order valence-electron chi connectivity index (χ3n) is 1.81. The van der Waals surface area contributed by atoms with Crippen LogP contribution in [0.2, 0.25) is 0 Å². The molecule has 6 heteroatoms. The molecule has 82 valence electrons. The number of carboxylic acid groups (broad SMARTS) is 1. The Bertz CT molecular complexity index is 387. The van der Waals surface area contributed by atoms with E-state index in [1.54, 1.807) is 0 Å². The zero-order valence-corrected chi connectivity index (χ0v) is 8.89. The van der Waals surface area contributed by atoms with E-state index in [-0.39, 0.29) is 16.5 Å². The lowest BCUT2D eigenvalue weighted by Crippen LogP contribution is -2.08. The van der Waals surface area contributed by atoms with E-state index in [1.165, 1.54) is 0 Å². The topological polar surface area (TPSA) is 37.3 Å².